The Morgan fingerprint density at radius 1 is 1.13 bits per heavy atom. The van der Waals surface area contributed by atoms with Gasteiger partial charge in [-0.2, -0.15) is 0 Å². The Morgan fingerprint density at radius 2 is 1.80 bits per heavy atom. The summed E-state index contributed by atoms with van der Waals surface area (Å²) >= 11 is 0. The summed E-state index contributed by atoms with van der Waals surface area (Å²) in [6, 6.07) is 10.1. The maximum atomic E-state index is 6.26. The molecule has 1 atom stereocenters. The molecule has 1 aromatic rings. The van der Waals surface area contributed by atoms with E-state index in [1.807, 2.05) is 48.6 Å². The van der Waals surface area contributed by atoms with Crippen LogP contribution in [0.25, 0.3) is 0 Å². The molecule has 0 bridgehead atoms. The van der Waals surface area contributed by atoms with E-state index < -0.39 is 0 Å². The van der Waals surface area contributed by atoms with Crippen molar-refractivity contribution in [3.63, 3.8) is 0 Å². The van der Waals surface area contributed by atoms with E-state index in [1.54, 1.807) is 0 Å². The van der Waals surface area contributed by atoms with Crippen LogP contribution in [0.3, 0.4) is 0 Å². The van der Waals surface area contributed by atoms with Gasteiger partial charge in [0.2, 0.25) is 0 Å². The molecule has 0 aromatic heterocycles. The second-order valence-electron chi connectivity index (χ2n) is 3.65. The molecule has 0 saturated heterocycles. The topological polar surface area (TPSA) is 52.0 Å². The van der Waals surface area contributed by atoms with Crippen LogP contribution in [0.5, 0.6) is 0 Å². The van der Waals surface area contributed by atoms with Crippen molar-refractivity contribution in [2.45, 2.75) is 12.0 Å². The van der Waals surface area contributed by atoms with E-state index in [0.29, 0.717) is 0 Å². The van der Waals surface area contributed by atoms with Gasteiger partial charge in [0.25, 0.3) is 0 Å². The minimum absolute atomic E-state index is 0. The molecular formula is C12H17GaN2. The monoisotopic (exact) mass is 258 g/mol. The summed E-state index contributed by atoms with van der Waals surface area (Å²) < 4.78 is 0. The third kappa shape index (κ3) is 2.56. The number of hydrogen-bond acceptors (Lipinski definition) is 2. The van der Waals surface area contributed by atoms with Gasteiger partial charge in [-0.3, -0.25) is 0 Å². The molecule has 0 amide bonds. The Balaban J connectivity index is 0.00000112. The van der Waals surface area contributed by atoms with Crippen molar-refractivity contribution in [1.29, 1.82) is 0 Å². The van der Waals surface area contributed by atoms with Crippen LogP contribution in [-0.2, 0) is 5.54 Å². The Morgan fingerprint density at radius 3 is 2.33 bits per heavy atom. The molecule has 2 nitrogen and oxygen atoms in total. The molecule has 0 fully saturated rings. The Kier molecular flexibility index (Phi) is 3.85. The molecule has 15 heavy (non-hydrogen) atoms. The molecule has 0 spiro atoms. The van der Waals surface area contributed by atoms with Gasteiger partial charge in [0.05, 0.1) is 5.54 Å². The van der Waals surface area contributed by atoms with Gasteiger partial charge >= 0.3 is 19.8 Å². The first-order valence-electron chi connectivity index (χ1n) is 4.70. The molecule has 1 aliphatic rings. The van der Waals surface area contributed by atoms with E-state index in [-0.39, 0.29) is 25.3 Å². The summed E-state index contributed by atoms with van der Waals surface area (Å²) in [7, 11) is 0. The van der Waals surface area contributed by atoms with Crippen molar-refractivity contribution in [3.05, 3.63) is 59.8 Å². The van der Waals surface area contributed by atoms with Crippen molar-refractivity contribution in [2.24, 2.45) is 11.5 Å². The number of benzene rings is 1. The Labute approximate surface area is 103 Å². The second-order valence-corrected chi connectivity index (χ2v) is 3.65. The standard InChI is InChI=1S/C12H14N2.Ga.3H/c13-11-6-8-12(14,9-7-11)10-4-2-1-3-5-10;;;;/h1-8H,9,13-14H2;;;;. The first kappa shape index (κ1) is 12.2. The summed E-state index contributed by atoms with van der Waals surface area (Å²) in [5.41, 5.74) is 13.4. The predicted molar refractivity (Wildman–Crippen MR) is 68.3 cm³/mol. The minimum atomic E-state index is -0.385. The van der Waals surface area contributed by atoms with E-state index in [9.17, 15) is 0 Å². The number of hydrogen-bond donors (Lipinski definition) is 2. The van der Waals surface area contributed by atoms with Gasteiger partial charge in [-0.25, -0.2) is 0 Å². The molecule has 4 N–H and O–H groups in total. The molecule has 0 saturated carbocycles. The van der Waals surface area contributed by atoms with Crippen molar-refractivity contribution in [3.8, 4) is 0 Å². The maximum absolute atomic E-state index is 6.26. The second kappa shape index (κ2) is 4.74. The van der Waals surface area contributed by atoms with Crippen LogP contribution in [-0.4, -0.2) is 19.8 Å². The van der Waals surface area contributed by atoms with E-state index in [0.717, 1.165) is 17.7 Å². The van der Waals surface area contributed by atoms with Crippen molar-refractivity contribution in [1.82, 2.24) is 0 Å². The third-order valence-electron chi connectivity index (χ3n) is 2.56. The molecule has 2 rings (SSSR count). The van der Waals surface area contributed by atoms with E-state index >= 15 is 0 Å². The first-order valence-corrected chi connectivity index (χ1v) is 4.70. The molecule has 78 valence electrons. The van der Waals surface area contributed by atoms with Gasteiger partial charge in [0, 0.05) is 5.70 Å². The molecule has 1 aromatic carbocycles. The van der Waals surface area contributed by atoms with Crippen LogP contribution in [0.1, 0.15) is 12.0 Å². The van der Waals surface area contributed by atoms with Crippen LogP contribution in [0.4, 0.5) is 0 Å². The molecule has 1 aliphatic carbocycles. The quantitative estimate of drug-likeness (QED) is 0.720. The van der Waals surface area contributed by atoms with Crippen LogP contribution in [0.2, 0.25) is 0 Å². The zero-order valence-electron chi connectivity index (χ0n) is 7.98. The average molecular weight is 259 g/mol. The van der Waals surface area contributed by atoms with Crippen LogP contribution >= 0.6 is 0 Å². The normalized spacial score (nSPS) is 24.2. The van der Waals surface area contributed by atoms with Gasteiger partial charge in [-0.15, -0.1) is 0 Å². The van der Waals surface area contributed by atoms with Crippen molar-refractivity contribution >= 4 is 19.8 Å². The number of nitrogens with two attached hydrogens (primary N) is 2. The van der Waals surface area contributed by atoms with E-state index in [4.69, 9.17) is 11.5 Å². The summed E-state index contributed by atoms with van der Waals surface area (Å²) in [6.07, 6.45) is 6.57. The first-order chi connectivity index (χ1) is 6.71. The van der Waals surface area contributed by atoms with Gasteiger partial charge < -0.3 is 11.5 Å². The van der Waals surface area contributed by atoms with Gasteiger partial charge in [-0.1, -0.05) is 42.5 Å². The molecule has 0 radical (unpaired) electrons. The van der Waals surface area contributed by atoms with Crippen LogP contribution in [0, 0.1) is 0 Å². The predicted octanol–water partition coefficient (Wildman–Crippen LogP) is 0.459. The van der Waals surface area contributed by atoms with Crippen LogP contribution in [0.15, 0.2) is 54.3 Å². The Hall–Kier alpha value is -0.904. The SMILES string of the molecule is NC1=CCC(N)(c2ccccc2)C=C1.[GaH3]. The van der Waals surface area contributed by atoms with E-state index in [2.05, 4.69) is 0 Å². The van der Waals surface area contributed by atoms with E-state index in [1.165, 1.54) is 0 Å². The third-order valence-corrected chi connectivity index (χ3v) is 2.56. The van der Waals surface area contributed by atoms with Gasteiger partial charge in [-0.05, 0) is 18.1 Å². The van der Waals surface area contributed by atoms with Gasteiger partial charge in [0.15, 0.2) is 0 Å². The summed E-state index contributed by atoms with van der Waals surface area (Å²) in [6.45, 7) is 0. The van der Waals surface area contributed by atoms with Crippen LogP contribution < -0.4 is 11.5 Å². The molecule has 0 aliphatic heterocycles. The van der Waals surface area contributed by atoms with Crippen molar-refractivity contribution in [2.75, 3.05) is 0 Å². The summed E-state index contributed by atoms with van der Waals surface area (Å²) in [4.78, 5) is 0. The van der Waals surface area contributed by atoms with Gasteiger partial charge in [0.1, 0.15) is 0 Å². The molecular weight excluding hydrogens is 242 g/mol. The molecule has 0 heterocycles. The summed E-state index contributed by atoms with van der Waals surface area (Å²) in [5, 5.41) is 0. The zero-order valence-corrected chi connectivity index (χ0v) is 7.98. The number of rotatable bonds is 1. The fourth-order valence-corrected chi connectivity index (χ4v) is 1.63. The zero-order chi connectivity index (χ0) is 10.0. The fourth-order valence-electron chi connectivity index (χ4n) is 1.63. The molecule has 3 heteroatoms. The van der Waals surface area contributed by atoms with Crippen molar-refractivity contribution < 1.29 is 0 Å². The molecule has 1 unspecified atom stereocenters. The average Bonchev–Trinajstić information content (AvgIpc) is 2.24. The Bertz CT molecular complexity index is 384. The summed E-state index contributed by atoms with van der Waals surface area (Å²) in [5.74, 6) is 0. The fraction of sp³-hybridized carbons (Fsp3) is 0.167. The number of allylic oxidation sites excluding steroid dienone is 1.